The molecule has 0 spiro atoms. The minimum Gasteiger partial charge on any atom is -0.456 e. The lowest BCUT2D eigenvalue weighted by Gasteiger charge is -2.12. The van der Waals surface area contributed by atoms with Crippen molar-refractivity contribution in [3.63, 3.8) is 0 Å². The Balaban J connectivity index is 1.18. The molecule has 0 aliphatic heterocycles. The summed E-state index contributed by atoms with van der Waals surface area (Å²) in [5.41, 5.74) is 12.6. The first kappa shape index (κ1) is 25.9. The fraction of sp³-hybridized carbons (Fsp3) is 0.0244. The lowest BCUT2D eigenvalue weighted by molar-refractivity contribution is 0.669. The van der Waals surface area contributed by atoms with Crippen LogP contribution in [0.4, 0.5) is 0 Å². The largest absolute Gasteiger partial charge is 0.456 e. The summed E-state index contributed by atoms with van der Waals surface area (Å²) in [4.78, 5) is 10.1. The molecule has 0 bridgehead atoms. The third kappa shape index (κ3) is 4.75. The third-order valence-electron chi connectivity index (χ3n) is 8.23. The minimum absolute atomic E-state index is 0.710. The van der Waals surface area contributed by atoms with Crippen molar-refractivity contribution in [2.75, 3.05) is 0 Å². The van der Waals surface area contributed by atoms with E-state index in [9.17, 15) is 0 Å². The molecule has 0 fully saturated rings. The van der Waals surface area contributed by atoms with Crippen molar-refractivity contribution in [2.45, 2.75) is 6.92 Å². The van der Waals surface area contributed by atoms with Gasteiger partial charge >= 0.3 is 0 Å². The maximum Gasteiger partial charge on any atom is 0.160 e. The average Bonchev–Trinajstić information content (AvgIpc) is 3.47. The number of nitrogens with zero attached hydrogens (tertiary/aromatic N) is 2. The van der Waals surface area contributed by atoms with E-state index in [1.54, 1.807) is 0 Å². The molecule has 0 amide bonds. The molecule has 0 saturated carbocycles. The molecule has 0 atom stereocenters. The summed E-state index contributed by atoms with van der Waals surface area (Å²) in [6, 6.07) is 52.6. The first-order valence-corrected chi connectivity index (χ1v) is 14.8. The van der Waals surface area contributed by atoms with E-state index in [1.807, 2.05) is 48.5 Å². The monoisotopic (exact) mass is 564 g/mol. The van der Waals surface area contributed by atoms with E-state index in [4.69, 9.17) is 14.4 Å². The van der Waals surface area contributed by atoms with Crippen molar-refractivity contribution >= 4 is 21.9 Å². The summed E-state index contributed by atoms with van der Waals surface area (Å²) >= 11 is 0. The second-order valence-electron chi connectivity index (χ2n) is 11.1. The molecular formula is C41H28N2O. The van der Waals surface area contributed by atoms with E-state index < -0.39 is 0 Å². The Kier molecular flexibility index (Phi) is 6.35. The van der Waals surface area contributed by atoms with Crippen LogP contribution in [0.1, 0.15) is 5.56 Å². The van der Waals surface area contributed by atoms with Gasteiger partial charge in [0.1, 0.15) is 11.2 Å². The van der Waals surface area contributed by atoms with Crippen molar-refractivity contribution in [1.29, 1.82) is 0 Å². The van der Waals surface area contributed by atoms with Crippen LogP contribution in [0.2, 0.25) is 0 Å². The minimum atomic E-state index is 0.710. The molecule has 0 saturated heterocycles. The van der Waals surface area contributed by atoms with Gasteiger partial charge in [0.05, 0.1) is 11.4 Å². The number of para-hydroxylation sites is 1. The van der Waals surface area contributed by atoms with E-state index in [0.29, 0.717) is 5.82 Å². The second kappa shape index (κ2) is 10.8. The number of rotatable bonds is 5. The molecule has 0 aliphatic carbocycles. The maximum absolute atomic E-state index is 6.05. The zero-order chi connectivity index (χ0) is 29.5. The quantitative estimate of drug-likeness (QED) is 0.209. The first-order chi connectivity index (χ1) is 21.7. The van der Waals surface area contributed by atoms with Crippen LogP contribution in [0, 0.1) is 6.92 Å². The molecule has 44 heavy (non-hydrogen) atoms. The predicted octanol–water partition coefficient (Wildman–Crippen LogP) is 11.0. The van der Waals surface area contributed by atoms with Gasteiger partial charge in [-0.3, -0.25) is 0 Å². The Hall–Kier alpha value is -5.80. The van der Waals surface area contributed by atoms with Gasteiger partial charge in [0, 0.05) is 27.5 Å². The Morgan fingerprint density at radius 2 is 1.00 bits per heavy atom. The highest BCUT2D eigenvalue weighted by Gasteiger charge is 2.13. The molecule has 0 N–H and O–H groups in total. The molecule has 8 rings (SSSR count). The number of fused-ring (bicyclic) bond motifs is 3. The average molecular weight is 565 g/mol. The van der Waals surface area contributed by atoms with E-state index in [2.05, 4.69) is 110 Å². The van der Waals surface area contributed by atoms with Crippen molar-refractivity contribution in [3.8, 4) is 56.2 Å². The SMILES string of the molecule is Cc1cc(-c2ccc3oc4ccccc4c3c2)ccc1-c1cccc(-c2nc(-c3ccccc3)cc(-c3ccccc3)n2)c1. The van der Waals surface area contributed by atoms with Crippen LogP contribution < -0.4 is 0 Å². The van der Waals surface area contributed by atoms with Crippen molar-refractivity contribution < 1.29 is 4.42 Å². The number of hydrogen-bond donors (Lipinski definition) is 0. The molecule has 8 aromatic rings. The maximum atomic E-state index is 6.05. The van der Waals surface area contributed by atoms with Gasteiger partial charge in [-0.05, 0) is 65.1 Å². The van der Waals surface area contributed by atoms with Gasteiger partial charge < -0.3 is 4.42 Å². The highest BCUT2D eigenvalue weighted by molar-refractivity contribution is 6.06. The van der Waals surface area contributed by atoms with Gasteiger partial charge in [0.25, 0.3) is 0 Å². The molecule has 0 aliphatic rings. The van der Waals surface area contributed by atoms with Crippen LogP contribution in [0.3, 0.4) is 0 Å². The molecule has 6 aromatic carbocycles. The van der Waals surface area contributed by atoms with Gasteiger partial charge in [0.2, 0.25) is 0 Å². The van der Waals surface area contributed by atoms with Crippen LogP contribution >= 0.6 is 0 Å². The van der Waals surface area contributed by atoms with Gasteiger partial charge in [0.15, 0.2) is 5.82 Å². The summed E-state index contributed by atoms with van der Waals surface area (Å²) in [7, 11) is 0. The molecule has 0 unspecified atom stereocenters. The third-order valence-corrected chi connectivity index (χ3v) is 8.23. The lowest BCUT2D eigenvalue weighted by atomic mass is 9.94. The number of benzene rings is 6. The number of aryl methyl sites for hydroxylation is 1. The van der Waals surface area contributed by atoms with Gasteiger partial charge in [-0.25, -0.2) is 9.97 Å². The zero-order valence-electron chi connectivity index (χ0n) is 24.2. The van der Waals surface area contributed by atoms with E-state index >= 15 is 0 Å². The van der Waals surface area contributed by atoms with Crippen molar-refractivity contribution in [1.82, 2.24) is 9.97 Å². The molecule has 208 valence electrons. The van der Waals surface area contributed by atoms with Crippen LogP contribution in [-0.4, -0.2) is 9.97 Å². The summed E-state index contributed by atoms with van der Waals surface area (Å²) in [6.45, 7) is 2.18. The molecule has 2 heterocycles. The van der Waals surface area contributed by atoms with Crippen molar-refractivity contribution in [3.05, 3.63) is 157 Å². The van der Waals surface area contributed by atoms with Gasteiger partial charge in [-0.1, -0.05) is 121 Å². The molecule has 0 radical (unpaired) electrons. The summed E-state index contributed by atoms with van der Waals surface area (Å²) in [6.07, 6.45) is 0. The number of hydrogen-bond acceptors (Lipinski definition) is 3. The fourth-order valence-electron chi connectivity index (χ4n) is 5.99. The molecule has 3 heteroatoms. The smallest absolute Gasteiger partial charge is 0.160 e. The number of aromatic nitrogens is 2. The summed E-state index contributed by atoms with van der Waals surface area (Å²) in [5, 5.41) is 2.28. The van der Waals surface area contributed by atoms with E-state index in [1.165, 1.54) is 22.3 Å². The lowest BCUT2D eigenvalue weighted by Crippen LogP contribution is -1.96. The van der Waals surface area contributed by atoms with Crippen LogP contribution in [0.15, 0.2) is 156 Å². The van der Waals surface area contributed by atoms with Crippen LogP contribution in [0.5, 0.6) is 0 Å². The van der Waals surface area contributed by atoms with E-state index in [-0.39, 0.29) is 0 Å². The van der Waals surface area contributed by atoms with E-state index in [0.717, 1.165) is 55.6 Å². The summed E-state index contributed by atoms with van der Waals surface area (Å²) in [5.74, 6) is 0.710. The standard InChI is InChI=1S/C41H28N2O/c1-27-23-30(31-20-22-40-36(25-31)35-17-8-9-18-39(35)44-40)19-21-34(27)32-15-10-16-33(24-32)41-42-37(28-11-4-2-5-12-28)26-38(43-41)29-13-6-3-7-14-29/h2-26H,1H3. The fourth-order valence-corrected chi connectivity index (χ4v) is 5.99. The molecule has 2 aromatic heterocycles. The Bertz CT molecular complexity index is 2230. The Labute approximate surface area is 256 Å². The topological polar surface area (TPSA) is 38.9 Å². The van der Waals surface area contributed by atoms with Crippen LogP contribution in [0.25, 0.3) is 78.1 Å². The van der Waals surface area contributed by atoms with Gasteiger partial charge in [-0.2, -0.15) is 0 Å². The highest BCUT2D eigenvalue weighted by Crippen LogP contribution is 2.35. The number of furan rings is 1. The first-order valence-electron chi connectivity index (χ1n) is 14.8. The molecule has 3 nitrogen and oxygen atoms in total. The normalized spacial score (nSPS) is 11.3. The van der Waals surface area contributed by atoms with Gasteiger partial charge in [-0.15, -0.1) is 0 Å². The van der Waals surface area contributed by atoms with Crippen LogP contribution in [-0.2, 0) is 0 Å². The second-order valence-corrected chi connectivity index (χ2v) is 11.1. The summed E-state index contributed by atoms with van der Waals surface area (Å²) < 4.78 is 6.05. The Morgan fingerprint density at radius 3 is 1.73 bits per heavy atom. The zero-order valence-corrected chi connectivity index (χ0v) is 24.2. The van der Waals surface area contributed by atoms with Crippen molar-refractivity contribution in [2.24, 2.45) is 0 Å². The highest BCUT2D eigenvalue weighted by atomic mass is 16.3. The predicted molar refractivity (Wildman–Crippen MR) is 181 cm³/mol. The Morgan fingerprint density at radius 1 is 0.409 bits per heavy atom. The molecular weight excluding hydrogens is 536 g/mol.